The summed E-state index contributed by atoms with van der Waals surface area (Å²) < 4.78 is 40.8. The Morgan fingerprint density at radius 3 is 2.20 bits per heavy atom. The fraction of sp³-hybridized carbons (Fsp3) is 0.562. The van der Waals surface area contributed by atoms with E-state index in [-0.39, 0.29) is 26.1 Å². The third-order valence-corrected chi connectivity index (χ3v) is 7.48. The Hall–Kier alpha value is -3.42. The van der Waals surface area contributed by atoms with Crippen LogP contribution in [0.5, 0.6) is 0 Å². The normalized spacial score (nSPS) is 26.9. The monoisotopic (exact) mass is 611 g/mol. The third kappa shape index (κ3) is 8.19. The number of esters is 2. The Morgan fingerprint density at radius 1 is 0.864 bits per heavy atom. The molecule has 12 heteroatoms. The lowest BCUT2D eigenvalue weighted by molar-refractivity contribution is -0.235. The molecule has 2 aromatic rings. The number of benzene rings is 2. The highest BCUT2D eigenvalue weighted by Crippen LogP contribution is 2.42. The predicted octanol–water partition coefficient (Wildman–Crippen LogP) is 5.19. The molecule has 3 saturated heterocycles. The Labute approximate surface area is 257 Å². The number of carbonyl (C=O) groups is 2. The van der Waals surface area contributed by atoms with E-state index in [1.807, 2.05) is 75.4 Å². The first-order valence-electron chi connectivity index (χ1n) is 15.0. The Bertz CT molecular complexity index is 1300. The SMILES string of the molecule is CCN(CCOC(=O)CCC(=O)O[C@@H]1[C@@H]2OC(C)(C)O[C@H]2O[C@@H]1[C@H]1COC(C)(C)O1)c1ccc(/N=N/c2ccccc2)cc1. The van der Waals surface area contributed by atoms with E-state index in [0.29, 0.717) is 6.54 Å². The first kappa shape index (κ1) is 32.0. The van der Waals surface area contributed by atoms with Crippen molar-refractivity contribution in [2.24, 2.45) is 10.2 Å². The van der Waals surface area contributed by atoms with Crippen LogP contribution in [0.2, 0.25) is 0 Å². The van der Waals surface area contributed by atoms with Gasteiger partial charge in [-0.1, -0.05) is 18.2 Å². The lowest BCUT2D eigenvalue weighted by atomic mass is 10.1. The molecule has 12 nitrogen and oxygen atoms in total. The van der Waals surface area contributed by atoms with E-state index in [4.69, 9.17) is 33.2 Å². The topological polar surface area (TPSA) is 127 Å². The molecule has 3 aliphatic heterocycles. The molecule has 0 spiro atoms. The summed E-state index contributed by atoms with van der Waals surface area (Å²) in [5.41, 5.74) is 2.49. The second-order valence-corrected chi connectivity index (χ2v) is 11.7. The second-order valence-electron chi connectivity index (χ2n) is 11.7. The quantitative estimate of drug-likeness (QED) is 0.234. The summed E-state index contributed by atoms with van der Waals surface area (Å²) in [7, 11) is 0. The largest absolute Gasteiger partial charge is 0.464 e. The summed E-state index contributed by atoms with van der Waals surface area (Å²) >= 11 is 0. The lowest BCUT2D eigenvalue weighted by Crippen LogP contribution is -2.45. The fourth-order valence-electron chi connectivity index (χ4n) is 5.38. The molecule has 0 radical (unpaired) electrons. The van der Waals surface area contributed by atoms with Gasteiger partial charge in [0, 0.05) is 12.2 Å². The van der Waals surface area contributed by atoms with E-state index < -0.39 is 54.2 Å². The molecule has 0 bridgehead atoms. The Balaban J connectivity index is 1.06. The van der Waals surface area contributed by atoms with Crippen molar-refractivity contribution < 1.29 is 42.7 Å². The molecule has 0 aromatic heterocycles. The number of hydrogen-bond donors (Lipinski definition) is 0. The van der Waals surface area contributed by atoms with Crippen molar-refractivity contribution in [2.45, 2.75) is 89.7 Å². The molecule has 238 valence electrons. The minimum absolute atomic E-state index is 0.114. The predicted molar refractivity (Wildman–Crippen MR) is 159 cm³/mol. The van der Waals surface area contributed by atoms with Crippen LogP contribution >= 0.6 is 0 Å². The maximum absolute atomic E-state index is 12.8. The molecule has 2 aromatic carbocycles. The molecule has 44 heavy (non-hydrogen) atoms. The minimum atomic E-state index is -0.886. The highest BCUT2D eigenvalue weighted by Gasteiger charge is 2.60. The molecule has 3 fully saturated rings. The maximum atomic E-state index is 12.8. The second kappa shape index (κ2) is 13.7. The zero-order valence-corrected chi connectivity index (χ0v) is 25.8. The van der Waals surface area contributed by atoms with Crippen LogP contribution in [0.15, 0.2) is 64.8 Å². The number of fused-ring (bicyclic) bond motifs is 1. The first-order valence-corrected chi connectivity index (χ1v) is 15.0. The number of carbonyl (C=O) groups excluding carboxylic acids is 2. The van der Waals surface area contributed by atoms with Gasteiger partial charge >= 0.3 is 11.9 Å². The van der Waals surface area contributed by atoms with Crippen molar-refractivity contribution in [3.63, 3.8) is 0 Å². The smallest absolute Gasteiger partial charge is 0.306 e. The molecule has 0 amide bonds. The number of rotatable bonds is 12. The van der Waals surface area contributed by atoms with Crippen molar-refractivity contribution in [1.29, 1.82) is 0 Å². The van der Waals surface area contributed by atoms with E-state index in [0.717, 1.165) is 23.6 Å². The highest BCUT2D eigenvalue weighted by molar-refractivity contribution is 5.77. The average Bonchev–Trinajstić information content (AvgIpc) is 3.62. The van der Waals surface area contributed by atoms with E-state index >= 15 is 0 Å². The van der Waals surface area contributed by atoms with Crippen LogP contribution in [-0.2, 0) is 42.7 Å². The summed E-state index contributed by atoms with van der Waals surface area (Å²) in [6.45, 7) is 10.8. The standard InChI is InChI=1S/C32H41N3O9/c1-6-35(23-14-12-22(13-15-23)34-33-21-10-8-7-9-11-21)18-19-38-25(36)16-17-26(37)40-28-27(24-20-39-31(2,3)42-24)41-30-29(28)43-32(4,5)44-30/h7-15,24,27-30H,6,16-20H2,1-5H3/b34-33+/t24-,27-,28+,29+,30-/m1/s1. The van der Waals surface area contributed by atoms with Gasteiger partial charge in [0.2, 0.25) is 0 Å². The van der Waals surface area contributed by atoms with Crippen LogP contribution in [0, 0.1) is 0 Å². The zero-order valence-electron chi connectivity index (χ0n) is 25.8. The van der Waals surface area contributed by atoms with E-state index in [9.17, 15) is 9.59 Å². The molecule has 0 aliphatic carbocycles. The van der Waals surface area contributed by atoms with Gasteiger partial charge in [-0.3, -0.25) is 9.59 Å². The van der Waals surface area contributed by atoms with Crippen molar-refractivity contribution in [2.75, 3.05) is 31.2 Å². The Morgan fingerprint density at radius 2 is 1.55 bits per heavy atom. The zero-order chi connectivity index (χ0) is 31.3. The van der Waals surface area contributed by atoms with Gasteiger partial charge in [-0.2, -0.15) is 10.2 Å². The van der Waals surface area contributed by atoms with Crippen LogP contribution in [0.25, 0.3) is 0 Å². The van der Waals surface area contributed by atoms with E-state index in [1.165, 1.54) is 0 Å². The van der Waals surface area contributed by atoms with Gasteiger partial charge in [-0.05, 0) is 71.0 Å². The molecular weight excluding hydrogens is 570 g/mol. The van der Waals surface area contributed by atoms with Gasteiger partial charge in [0.15, 0.2) is 30.1 Å². The fourth-order valence-corrected chi connectivity index (χ4v) is 5.38. The first-order chi connectivity index (χ1) is 21.0. The number of anilines is 1. The van der Waals surface area contributed by atoms with Gasteiger partial charge < -0.3 is 38.1 Å². The van der Waals surface area contributed by atoms with Gasteiger partial charge in [-0.15, -0.1) is 0 Å². The summed E-state index contributed by atoms with van der Waals surface area (Å²) in [5.74, 6) is -2.71. The molecular formula is C32H41N3O9. The Kier molecular flexibility index (Phi) is 9.96. The van der Waals surface area contributed by atoms with E-state index in [1.54, 1.807) is 13.8 Å². The molecule has 0 saturated carbocycles. The van der Waals surface area contributed by atoms with Crippen molar-refractivity contribution in [3.05, 3.63) is 54.6 Å². The number of nitrogens with zero attached hydrogens (tertiary/aromatic N) is 3. The highest BCUT2D eigenvalue weighted by atomic mass is 16.8. The molecule has 0 unspecified atom stereocenters. The number of hydrogen-bond acceptors (Lipinski definition) is 12. The van der Waals surface area contributed by atoms with Gasteiger partial charge in [-0.25, -0.2) is 0 Å². The van der Waals surface area contributed by atoms with Gasteiger partial charge in [0.1, 0.15) is 18.8 Å². The molecule has 5 rings (SSSR count). The summed E-state index contributed by atoms with van der Waals surface area (Å²) in [6.07, 6.45) is -3.48. The molecule has 0 N–H and O–H groups in total. The molecule has 3 heterocycles. The van der Waals surface area contributed by atoms with Crippen molar-refractivity contribution in [1.82, 2.24) is 0 Å². The van der Waals surface area contributed by atoms with Crippen LogP contribution in [0.3, 0.4) is 0 Å². The van der Waals surface area contributed by atoms with Crippen LogP contribution in [0.1, 0.15) is 47.5 Å². The number of ether oxygens (including phenoxy) is 7. The van der Waals surface area contributed by atoms with Crippen molar-refractivity contribution >= 4 is 29.0 Å². The van der Waals surface area contributed by atoms with Crippen molar-refractivity contribution in [3.8, 4) is 0 Å². The molecule has 3 aliphatic rings. The van der Waals surface area contributed by atoms with E-state index in [2.05, 4.69) is 15.1 Å². The summed E-state index contributed by atoms with van der Waals surface area (Å²) in [5, 5.41) is 8.51. The number of azo groups is 1. The third-order valence-electron chi connectivity index (χ3n) is 7.48. The molecule has 5 atom stereocenters. The summed E-state index contributed by atoms with van der Waals surface area (Å²) in [4.78, 5) is 27.4. The van der Waals surface area contributed by atoms with Crippen LogP contribution in [0.4, 0.5) is 17.1 Å². The van der Waals surface area contributed by atoms with Crippen LogP contribution in [-0.4, -0.2) is 80.5 Å². The maximum Gasteiger partial charge on any atom is 0.306 e. The van der Waals surface area contributed by atoms with Gasteiger partial charge in [0.25, 0.3) is 0 Å². The van der Waals surface area contributed by atoms with Crippen LogP contribution < -0.4 is 4.90 Å². The summed E-state index contributed by atoms with van der Waals surface area (Å²) in [6, 6.07) is 17.2. The minimum Gasteiger partial charge on any atom is -0.464 e. The lowest BCUT2D eigenvalue weighted by Gasteiger charge is -2.28. The van der Waals surface area contributed by atoms with Gasteiger partial charge in [0.05, 0.1) is 37.4 Å². The number of likely N-dealkylation sites (N-methyl/N-ethyl adjacent to an activating group) is 1. The average molecular weight is 612 g/mol.